The van der Waals surface area contributed by atoms with Gasteiger partial charge in [-0.05, 0) is 60.7 Å². The van der Waals surface area contributed by atoms with Crippen molar-refractivity contribution in [1.82, 2.24) is 0 Å². The number of para-hydroxylation sites is 1. The smallest absolute Gasteiger partial charge is 0.261 e. The van der Waals surface area contributed by atoms with Gasteiger partial charge in [0, 0.05) is 11.1 Å². The van der Waals surface area contributed by atoms with Gasteiger partial charge in [-0.25, -0.2) is 4.99 Å². The van der Waals surface area contributed by atoms with E-state index in [-0.39, 0.29) is 11.5 Å². The van der Waals surface area contributed by atoms with Gasteiger partial charge in [0.1, 0.15) is 22.6 Å². The van der Waals surface area contributed by atoms with Crippen LogP contribution in [0.25, 0.3) is 11.0 Å². The molecule has 6 heteroatoms. The van der Waals surface area contributed by atoms with Gasteiger partial charge in [0.25, 0.3) is 5.91 Å². The van der Waals surface area contributed by atoms with Crippen molar-refractivity contribution in [3.63, 3.8) is 0 Å². The number of anilines is 1. The fourth-order valence-electron chi connectivity index (χ4n) is 2.96. The Morgan fingerprint density at radius 1 is 0.867 bits per heavy atom. The second kappa shape index (κ2) is 8.53. The molecule has 0 atom stereocenters. The van der Waals surface area contributed by atoms with Crippen molar-refractivity contribution in [3.05, 3.63) is 90.0 Å². The van der Waals surface area contributed by atoms with E-state index >= 15 is 0 Å². The zero-order valence-corrected chi connectivity index (χ0v) is 16.6. The molecular weight excluding hydrogens is 380 g/mol. The van der Waals surface area contributed by atoms with Crippen molar-refractivity contribution in [3.8, 4) is 11.5 Å². The van der Waals surface area contributed by atoms with Gasteiger partial charge < -0.3 is 19.2 Å². The first kappa shape index (κ1) is 19.3. The average Bonchev–Trinajstić information content (AvgIpc) is 2.79. The highest BCUT2D eigenvalue weighted by atomic mass is 16.5. The first-order chi connectivity index (χ1) is 14.7. The Kier molecular flexibility index (Phi) is 5.48. The molecule has 1 N–H and O–H groups in total. The molecule has 0 spiro atoms. The molecule has 30 heavy (non-hydrogen) atoms. The van der Waals surface area contributed by atoms with Crippen LogP contribution in [0, 0.1) is 0 Å². The number of methoxy groups -OCH3 is 2. The zero-order chi connectivity index (χ0) is 20.9. The van der Waals surface area contributed by atoms with Crippen molar-refractivity contribution in [2.45, 2.75) is 0 Å². The van der Waals surface area contributed by atoms with Crippen LogP contribution in [0.5, 0.6) is 11.5 Å². The van der Waals surface area contributed by atoms with Crippen molar-refractivity contribution in [1.29, 1.82) is 0 Å². The van der Waals surface area contributed by atoms with E-state index in [1.165, 1.54) is 0 Å². The van der Waals surface area contributed by atoms with Crippen LogP contribution >= 0.6 is 0 Å². The van der Waals surface area contributed by atoms with E-state index in [0.717, 1.165) is 11.1 Å². The normalized spacial score (nSPS) is 11.3. The summed E-state index contributed by atoms with van der Waals surface area (Å²) in [5.74, 6) is 1.12. The molecule has 0 aliphatic carbocycles. The lowest BCUT2D eigenvalue weighted by atomic mass is 10.1. The number of hydrogen-bond acceptors (Lipinski definition) is 5. The molecule has 150 valence electrons. The highest BCUT2D eigenvalue weighted by Gasteiger charge is 2.13. The molecule has 3 aromatic carbocycles. The molecule has 0 unspecified atom stereocenters. The number of nitrogens with one attached hydrogen (secondary N) is 1. The van der Waals surface area contributed by atoms with Crippen LogP contribution < -0.4 is 20.3 Å². The van der Waals surface area contributed by atoms with Gasteiger partial charge in [0.2, 0.25) is 5.55 Å². The largest absolute Gasteiger partial charge is 0.497 e. The van der Waals surface area contributed by atoms with E-state index in [1.54, 1.807) is 68.8 Å². The summed E-state index contributed by atoms with van der Waals surface area (Å²) in [6.45, 7) is 0. The van der Waals surface area contributed by atoms with Gasteiger partial charge in [0.05, 0.1) is 19.9 Å². The van der Waals surface area contributed by atoms with Crippen LogP contribution in [0.1, 0.15) is 10.4 Å². The number of carbonyl (C=O) groups excluding carboxylic acids is 1. The molecule has 0 aliphatic heterocycles. The van der Waals surface area contributed by atoms with Gasteiger partial charge in [0.15, 0.2) is 0 Å². The number of amides is 1. The van der Waals surface area contributed by atoms with Gasteiger partial charge in [-0.3, -0.25) is 4.79 Å². The minimum atomic E-state index is -0.318. The monoisotopic (exact) mass is 400 g/mol. The third-order valence-electron chi connectivity index (χ3n) is 4.55. The van der Waals surface area contributed by atoms with Crippen LogP contribution in [0.4, 0.5) is 11.4 Å². The van der Waals surface area contributed by atoms with Crippen LogP contribution in [-0.2, 0) is 0 Å². The Labute approximate surface area is 173 Å². The van der Waals surface area contributed by atoms with Gasteiger partial charge in [-0.15, -0.1) is 0 Å². The molecular formula is C24H20N2O4. The molecule has 6 nitrogen and oxygen atoms in total. The molecule has 0 saturated carbocycles. The molecule has 0 aliphatic rings. The second-order valence-corrected chi connectivity index (χ2v) is 6.50. The Balaban J connectivity index is 1.76. The summed E-state index contributed by atoms with van der Waals surface area (Å²) in [5, 5.41) is 3.70. The lowest BCUT2D eigenvalue weighted by Gasteiger charge is -2.08. The number of ether oxygens (including phenoxy) is 2. The van der Waals surface area contributed by atoms with E-state index in [1.807, 2.05) is 24.3 Å². The van der Waals surface area contributed by atoms with Crippen LogP contribution in [0.2, 0.25) is 0 Å². The molecule has 0 radical (unpaired) electrons. The van der Waals surface area contributed by atoms with Gasteiger partial charge in [-0.1, -0.05) is 18.2 Å². The van der Waals surface area contributed by atoms with E-state index in [4.69, 9.17) is 13.9 Å². The summed E-state index contributed by atoms with van der Waals surface area (Å²) in [4.78, 5) is 17.6. The number of fused-ring (bicyclic) bond motifs is 1. The molecule has 0 saturated heterocycles. The molecule has 4 aromatic rings. The average molecular weight is 400 g/mol. The van der Waals surface area contributed by atoms with E-state index in [2.05, 4.69) is 10.3 Å². The predicted octanol–water partition coefficient (Wildman–Crippen LogP) is 4.93. The van der Waals surface area contributed by atoms with E-state index in [9.17, 15) is 4.79 Å². The number of benzene rings is 3. The first-order valence-electron chi connectivity index (χ1n) is 9.33. The van der Waals surface area contributed by atoms with Crippen molar-refractivity contribution >= 4 is 28.3 Å². The molecule has 1 amide bonds. The van der Waals surface area contributed by atoms with Gasteiger partial charge >= 0.3 is 0 Å². The van der Waals surface area contributed by atoms with E-state index in [0.29, 0.717) is 28.3 Å². The highest BCUT2D eigenvalue weighted by molar-refractivity contribution is 6.05. The fourth-order valence-corrected chi connectivity index (χ4v) is 2.96. The summed E-state index contributed by atoms with van der Waals surface area (Å²) in [6.07, 6.45) is 0. The highest BCUT2D eigenvalue weighted by Crippen LogP contribution is 2.20. The maximum atomic E-state index is 13.0. The molecule has 1 aromatic heterocycles. The number of carbonyl (C=O) groups is 1. The van der Waals surface area contributed by atoms with E-state index < -0.39 is 0 Å². The minimum Gasteiger partial charge on any atom is -0.497 e. The van der Waals surface area contributed by atoms with Crippen molar-refractivity contribution < 1.29 is 18.7 Å². The summed E-state index contributed by atoms with van der Waals surface area (Å²) in [6, 6.07) is 23.6. The summed E-state index contributed by atoms with van der Waals surface area (Å²) < 4.78 is 16.3. The third kappa shape index (κ3) is 4.17. The quantitative estimate of drug-likeness (QED) is 0.515. The zero-order valence-electron chi connectivity index (χ0n) is 16.6. The minimum absolute atomic E-state index is 0.227. The Hall–Kier alpha value is -4.06. The fraction of sp³-hybridized carbons (Fsp3) is 0.0833. The Morgan fingerprint density at radius 2 is 1.50 bits per heavy atom. The van der Waals surface area contributed by atoms with Crippen molar-refractivity contribution in [2.24, 2.45) is 4.99 Å². The molecule has 0 bridgehead atoms. The molecule has 4 rings (SSSR count). The maximum Gasteiger partial charge on any atom is 0.261 e. The molecule has 1 heterocycles. The molecule has 0 fully saturated rings. The number of nitrogens with zero attached hydrogens (tertiary/aromatic N) is 1. The summed E-state index contributed by atoms with van der Waals surface area (Å²) >= 11 is 0. The predicted molar refractivity (Wildman–Crippen MR) is 115 cm³/mol. The van der Waals surface area contributed by atoms with Crippen LogP contribution in [-0.4, -0.2) is 20.1 Å². The van der Waals surface area contributed by atoms with Crippen molar-refractivity contribution in [2.75, 3.05) is 19.5 Å². The van der Waals surface area contributed by atoms with Crippen LogP contribution in [0.15, 0.2) is 88.3 Å². The summed E-state index contributed by atoms with van der Waals surface area (Å²) in [5.41, 5.74) is 2.49. The van der Waals surface area contributed by atoms with Crippen LogP contribution in [0.3, 0.4) is 0 Å². The standard InChI is InChI=1S/C24H20N2O4/c1-28-19-11-7-17(8-12-19)25-23(27)21-15-16-5-3-4-6-22(16)30-24(21)26-18-9-13-20(29-2)14-10-18/h3-15H,1-2H3,(H,25,27). The SMILES string of the molecule is COc1ccc(N=c2oc3ccccc3cc2C(=O)Nc2ccc(OC)cc2)cc1. The number of rotatable bonds is 5. The topological polar surface area (TPSA) is 73.1 Å². The Bertz CT molecular complexity index is 1240. The third-order valence-corrected chi connectivity index (χ3v) is 4.55. The van der Waals surface area contributed by atoms with Gasteiger partial charge in [-0.2, -0.15) is 0 Å². The number of hydrogen-bond donors (Lipinski definition) is 1. The first-order valence-corrected chi connectivity index (χ1v) is 9.33. The summed E-state index contributed by atoms with van der Waals surface area (Å²) in [7, 11) is 3.20. The second-order valence-electron chi connectivity index (χ2n) is 6.50. The lowest BCUT2D eigenvalue weighted by Crippen LogP contribution is -2.21. The lowest BCUT2D eigenvalue weighted by molar-refractivity contribution is 0.102. The Morgan fingerprint density at radius 3 is 2.17 bits per heavy atom. The maximum absolute atomic E-state index is 13.0.